The average molecular weight is 349 g/mol. The number of hydrogen-bond acceptors (Lipinski definition) is 4. The molecule has 0 N–H and O–H groups in total. The Bertz CT molecular complexity index is 308. The van der Waals surface area contributed by atoms with E-state index < -0.39 is 17.1 Å². The van der Waals surface area contributed by atoms with Crippen LogP contribution in [0.2, 0.25) is 24.7 Å². The van der Waals surface area contributed by atoms with Crippen LogP contribution in [0.3, 0.4) is 0 Å². The summed E-state index contributed by atoms with van der Waals surface area (Å²) in [6, 6.07) is 1.27. The van der Waals surface area contributed by atoms with Gasteiger partial charge in [-0.25, -0.2) is 0 Å². The Hall–Kier alpha value is 0.274. The van der Waals surface area contributed by atoms with Gasteiger partial charge in [0.15, 0.2) is 8.32 Å². The van der Waals surface area contributed by atoms with E-state index in [2.05, 4.69) is 26.9 Å². The molecule has 6 heteroatoms. The Morgan fingerprint density at radius 2 is 1.55 bits per heavy atom. The van der Waals surface area contributed by atoms with E-state index in [4.69, 9.17) is 17.7 Å². The van der Waals surface area contributed by atoms with Crippen molar-refractivity contribution in [2.45, 2.75) is 78.2 Å². The molecule has 0 aliphatic carbocycles. The molecule has 1 heterocycles. The molecule has 3 unspecified atom stereocenters. The van der Waals surface area contributed by atoms with Crippen molar-refractivity contribution >= 4 is 17.1 Å². The summed E-state index contributed by atoms with van der Waals surface area (Å²) in [6.45, 7) is 17.1. The Morgan fingerprint density at radius 3 is 1.95 bits per heavy atom. The van der Waals surface area contributed by atoms with Crippen LogP contribution < -0.4 is 0 Å². The van der Waals surface area contributed by atoms with Crippen molar-refractivity contribution in [2.75, 3.05) is 19.8 Å². The van der Waals surface area contributed by atoms with Gasteiger partial charge in [-0.15, -0.1) is 0 Å². The summed E-state index contributed by atoms with van der Waals surface area (Å²) in [5.74, 6) is 0.392. The molecule has 0 bridgehead atoms. The van der Waals surface area contributed by atoms with Crippen LogP contribution >= 0.6 is 0 Å². The normalized spacial score (nSPS) is 25.0. The van der Waals surface area contributed by atoms with Gasteiger partial charge in [-0.3, -0.25) is 0 Å². The van der Waals surface area contributed by atoms with E-state index >= 15 is 0 Å². The van der Waals surface area contributed by atoms with Gasteiger partial charge in [0.1, 0.15) is 0 Å². The van der Waals surface area contributed by atoms with E-state index in [1.807, 2.05) is 20.8 Å². The molecule has 1 fully saturated rings. The van der Waals surface area contributed by atoms with Crippen molar-refractivity contribution < 1.29 is 17.7 Å². The third-order valence-electron chi connectivity index (χ3n) is 4.71. The number of hydrogen-bond donors (Lipinski definition) is 0. The summed E-state index contributed by atoms with van der Waals surface area (Å²) in [4.78, 5) is 0. The van der Waals surface area contributed by atoms with E-state index in [1.54, 1.807) is 0 Å². The van der Waals surface area contributed by atoms with Crippen molar-refractivity contribution in [3.05, 3.63) is 0 Å². The van der Waals surface area contributed by atoms with Gasteiger partial charge in [0.2, 0.25) is 0 Å². The molecule has 0 radical (unpaired) electrons. The molecule has 4 nitrogen and oxygen atoms in total. The zero-order valence-corrected chi connectivity index (χ0v) is 17.6. The zero-order chi connectivity index (χ0) is 16.8. The quantitative estimate of drug-likeness (QED) is 0.577. The molecule has 1 aliphatic heterocycles. The summed E-state index contributed by atoms with van der Waals surface area (Å²) in [5.41, 5.74) is 0.250. The van der Waals surface area contributed by atoms with Crippen LogP contribution in [0.1, 0.15) is 47.5 Å². The minimum atomic E-state index is -2.66. The topological polar surface area (TPSA) is 36.9 Å². The van der Waals surface area contributed by atoms with Crippen LogP contribution in [0, 0.1) is 5.92 Å². The second-order valence-electron chi connectivity index (χ2n) is 6.86. The second-order valence-corrected chi connectivity index (χ2v) is 14.1. The average Bonchev–Trinajstić information content (AvgIpc) is 2.45. The third kappa shape index (κ3) is 5.14. The second kappa shape index (κ2) is 8.94. The monoisotopic (exact) mass is 348 g/mol. The molecular weight excluding hydrogens is 312 g/mol. The molecule has 1 rings (SSSR count). The molecule has 0 saturated carbocycles. The summed E-state index contributed by atoms with van der Waals surface area (Å²) in [7, 11) is -4.14. The third-order valence-corrected chi connectivity index (χ3v) is 10.9. The largest absolute Gasteiger partial charge is 0.504 e. The standard InChI is InChI=1S/C16H36O4Si2/c1-8-17-22(18-9-2,19-10-3)15(5)14(4)16-12-11-13-21(6,7)20-16/h14-16H,8-13H2,1-7H3. The van der Waals surface area contributed by atoms with Crippen molar-refractivity contribution in [3.8, 4) is 0 Å². The fraction of sp³-hybridized carbons (Fsp3) is 1.00. The molecule has 0 amide bonds. The predicted molar refractivity (Wildman–Crippen MR) is 95.6 cm³/mol. The first-order chi connectivity index (χ1) is 10.3. The van der Waals surface area contributed by atoms with Crippen LogP contribution in [-0.2, 0) is 17.7 Å². The lowest BCUT2D eigenvalue weighted by molar-refractivity contribution is 0.0366. The minimum Gasteiger partial charge on any atom is -0.414 e. The van der Waals surface area contributed by atoms with Crippen LogP contribution in [0.25, 0.3) is 0 Å². The van der Waals surface area contributed by atoms with Crippen LogP contribution in [-0.4, -0.2) is 43.0 Å². The molecule has 22 heavy (non-hydrogen) atoms. The lowest BCUT2D eigenvalue weighted by Crippen LogP contribution is -2.54. The Morgan fingerprint density at radius 1 is 1.05 bits per heavy atom. The highest BCUT2D eigenvalue weighted by molar-refractivity contribution is 6.71. The van der Waals surface area contributed by atoms with Gasteiger partial charge < -0.3 is 17.7 Å². The van der Waals surface area contributed by atoms with Gasteiger partial charge in [-0.1, -0.05) is 20.3 Å². The van der Waals surface area contributed by atoms with Crippen LogP contribution in [0.15, 0.2) is 0 Å². The first-order valence-electron chi connectivity index (χ1n) is 8.91. The molecule has 132 valence electrons. The highest BCUT2D eigenvalue weighted by atomic mass is 28.4. The Kier molecular flexibility index (Phi) is 8.26. The maximum Gasteiger partial charge on any atom is 0.504 e. The molecule has 0 spiro atoms. The van der Waals surface area contributed by atoms with Gasteiger partial charge in [0.25, 0.3) is 0 Å². The molecule has 0 aromatic heterocycles. The van der Waals surface area contributed by atoms with Crippen molar-refractivity contribution in [2.24, 2.45) is 5.92 Å². The van der Waals surface area contributed by atoms with Gasteiger partial charge in [0.05, 0.1) is 0 Å². The highest BCUT2D eigenvalue weighted by Gasteiger charge is 2.51. The zero-order valence-electron chi connectivity index (χ0n) is 15.6. The molecule has 3 atom stereocenters. The van der Waals surface area contributed by atoms with E-state index in [1.165, 1.54) is 12.5 Å². The van der Waals surface area contributed by atoms with Crippen LogP contribution in [0.4, 0.5) is 0 Å². The van der Waals surface area contributed by atoms with Crippen molar-refractivity contribution in [3.63, 3.8) is 0 Å². The summed E-state index contributed by atoms with van der Waals surface area (Å²) in [6.07, 6.45) is 2.75. The predicted octanol–water partition coefficient (Wildman–Crippen LogP) is 4.45. The SMILES string of the molecule is CCO[Si](OCC)(OCC)C(C)C(C)C1CCC[Si](C)(C)O1. The minimum absolute atomic E-state index is 0.250. The Balaban J connectivity index is 2.88. The maximum absolute atomic E-state index is 6.48. The van der Waals surface area contributed by atoms with Gasteiger partial charge in [-0.05, 0) is 52.2 Å². The van der Waals surface area contributed by atoms with E-state index in [0.29, 0.717) is 31.8 Å². The lowest BCUT2D eigenvalue weighted by Gasteiger charge is -2.43. The summed E-state index contributed by atoms with van der Waals surface area (Å²) in [5, 5.41) is 0. The summed E-state index contributed by atoms with van der Waals surface area (Å²) >= 11 is 0. The smallest absolute Gasteiger partial charge is 0.414 e. The lowest BCUT2D eigenvalue weighted by atomic mass is 9.97. The van der Waals surface area contributed by atoms with Gasteiger partial charge >= 0.3 is 8.80 Å². The molecular formula is C16H36O4Si2. The van der Waals surface area contributed by atoms with Crippen LogP contribution in [0.5, 0.6) is 0 Å². The van der Waals surface area contributed by atoms with Crippen molar-refractivity contribution in [1.29, 1.82) is 0 Å². The summed E-state index contributed by atoms with van der Waals surface area (Å²) < 4.78 is 24.7. The molecule has 0 aromatic carbocycles. The molecule has 1 aliphatic rings. The van der Waals surface area contributed by atoms with Gasteiger partial charge in [0, 0.05) is 31.5 Å². The molecule has 1 saturated heterocycles. The van der Waals surface area contributed by atoms with Gasteiger partial charge in [-0.2, -0.15) is 0 Å². The molecule has 0 aromatic rings. The van der Waals surface area contributed by atoms with E-state index in [9.17, 15) is 0 Å². The maximum atomic E-state index is 6.48. The van der Waals surface area contributed by atoms with E-state index in [0.717, 1.165) is 6.42 Å². The fourth-order valence-corrected chi connectivity index (χ4v) is 8.82. The fourth-order valence-electron chi connectivity index (χ4n) is 3.39. The highest BCUT2D eigenvalue weighted by Crippen LogP contribution is 2.39. The first kappa shape index (κ1) is 20.3. The first-order valence-corrected chi connectivity index (χ1v) is 13.8. The Labute approximate surface area is 139 Å². The number of rotatable bonds is 9. The van der Waals surface area contributed by atoms with E-state index in [-0.39, 0.29) is 5.54 Å². The van der Waals surface area contributed by atoms with Crippen molar-refractivity contribution in [1.82, 2.24) is 0 Å².